The lowest BCUT2D eigenvalue weighted by atomic mass is 10.2. The fraction of sp³-hybridized carbons (Fsp3) is 1.00. The molecule has 1 saturated heterocycles. The molecule has 12 heavy (non-hydrogen) atoms. The van der Waals surface area contributed by atoms with Crippen molar-refractivity contribution < 1.29 is 4.74 Å². The first-order valence-electron chi connectivity index (χ1n) is 4.99. The molecule has 1 aliphatic rings. The van der Waals surface area contributed by atoms with Crippen molar-refractivity contribution in [1.82, 2.24) is 10.4 Å². The SMILES string of the molecule is CCOCCNN1CCCCC1. The maximum Gasteiger partial charge on any atom is 0.0604 e. The number of hydrogen-bond acceptors (Lipinski definition) is 3. The maximum atomic E-state index is 5.24. The summed E-state index contributed by atoms with van der Waals surface area (Å²) in [5, 5.41) is 2.31. The van der Waals surface area contributed by atoms with Crippen LogP contribution in [-0.2, 0) is 4.74 Å². The molecule has 0 aromatic carbocycles. The van der Waals surface area contributed by atoms with E-state index in [2.05, 4.69) is 10.4 Å². The third-order valence-corrected chi connectivity index (χ3v) is 2.14. The Morgan fingerprint density at radius 3 is 2.67 bits per heavy atom. The van der Waals surface area contributed by atoms with E-state index in [0.717, 1.165) is 19.8 Å². The molecule has 3 nitrogen and oxygen atoms in total. The van der Waals surface area contributed by atoms with Gasteiger partial charge < -0.3 is 4.74 Å². The highest BCUT2D eigenvalue weighted by Gasteiger charge is 2.07. The van der Waals surface area contributed by atoms with E-state index in [1.165, 1.54) is 32.4 Å². The molecule has 0 aliphatic carbocycles. The molecule has 0 amide bonds. The molecule has 0 unspecified atom stereocenters. The Balaban J connectivity index is 1.91. The van der Waals surface area contributed by atoms with Gasteiger partial charge in [0.1, 0.15) is 0 Å². The highest BCUT2D eigenvalue weighted by molar-refractivity contribution is 4.60. The fourth-order valence-corrected chi connectivity index (χ4v) is 1.47. The van der Waals surface area contributed by atoms with Gasteiger partial charge in [0.15, 0.2) is 0 Å². The second-order valence-electron chi connectivity index (χ2n) is 3.15. The molecule has 1 heterocycles. The molecule has 1 fully saturated rings. The first-order valence-corrected chi connectivity index (χ1v) is 4.99. The molecule has 0 radical (unpaired) electrons. The van der Waals surface area contributed by atoms with E-state index in [1.54, 1.807) is 0 Å². The van der Waals surface area contributed by atoms with Crippen LogP contribution in [-0.4, -0.2) is 37.9 Å². The minimum atomic E-state index is 0.821. The third kappa shape index (κ3) is 4.04. The lowest BCUT2D eigenvalue weighted by Crippen LogP contribution is -2.43. The summed E-state index contributed by atoms with van der Waals surface area (Å²) in [5.74, 6) is 0. The van der Waals surface area contributed by atoms with Crippen molar-refractivity contribution in [3.05, 3.63) is 0 Å². The molecule has 0 bridgehead atoms. The quantitative estimate of drug-likeness (QED) is 0.626. The van der Waals surface area contributed by atoms with Gasteiger partial charge in [0.05, 0.1) is 6.61 Å². The van der Waals surface area contributed by atoms with Gasteiger partial charge in [-0.15, -0.1) is 0 Å². The number of rotatable bonds is 5. The Morgan fingerprint density at radius 2 is 2.00 bits per heavy atom. The molecule has 0 atom stereocenters. The van der Waals surface area contributed by atoms with E-state index < -0.39 is 0 Å². The summed E-state index contributed by atoms with van der Waals surface area (Å²) in [6.45, 7) is 7.03. The normalized spacial score (nSPS) is 19.8. The summed E-state index contributed by atoms with van der Waals surface area (Å²) >= 11 is 0. The van der Waals surface area contributed by atoms with Crippen molar-refractivity contribution in [2.75, 3.05) is 32.8 Å². The topological polar surface area (TPSA) is 24.5 Å². The summed E-state index contributed by atoms with van der Waals surface area (Å²) in [6.07, 6.45) is 4.06. The maximum absolute atomic E-state index is 5.24. The predicted molar refractivity (Wildman–Crippen MR) is 49.9 cm³/mol. The summed E-state index contributed by atoms with van der Waals surface area (Å²) in [4.78, 5) is 0. The smallest absolute Gasteiger partial charge is 0.0604 e. The van der Waals surface area contributed by atoms with Gasteiger partial charge >= 0.3 is 0 Å². The molecule has 72 valence electrons. The van der Waals surface area contributed by atoms with Gasteiger partial charge in [-0.3, -0.25) is 5.43 Å². The molecule has 1 rings (SSSR count). The number of nitrogens with zero attached hydrogens (tertiary/aromatic N) is 1. The van der Waals surface area contributed by atoms with E-state index >= 15 is 0 Å². The van der Waals surface area contributed by atoms with Crippen molar-refractivity contribution >= 4 is 0 Å². The van der Waals surface area contributed by atoms with Crippen molar-refractivity contribution in [1.29, 1.82) is 0 Å². The standard InChI is InChI=1S/C9H20N2O/c1-2-12-9-6-10-11-7-4-3-5-8-11/h10H,2-9H2,1H3. The van der Waals surface area contributed by atoms with E-state index in [1.807, 2.05) is 6.92 Å². The number of hydrogen-bond donors (Lipinski definition) is 1. The van der Waals surface area contributed by atoms with Gasteiger partial charge in [0.25, 0.3) is 0 Å². The fourth-order valence-electron chi connectivity index (χ4n) is 1.47. The lowest BCUT2D eigenvalue weighted by Gasteiger charge is -2.26. The highest BCUT2D eigenvalue weighted by atomic mass is 16.5. The minimum absolute atomic E-state index is 0.821. The largest absolute Gasteiger partial charge is 0.380 e. The predicted octanol–water partition coefficient (Wildman–Crippen LogP) is 1.01. The Hall–Kier alpha value is -0.120. The summed E-state index contributed by atoms with van der Waals surface area (Å²) in [6, 6.07) is 0. The van der Waals surface area contributed by atoms with E-state index in [0.29, 0.717) is 0 Å². The average Bonchev–Trinajstić information content (AvgIpc) is 2.14. The molecular formula is C9H20N2O. The van der Waals surface area contributed by atoms with Crippen LogP contribution in [0, 0.1) is 0 Å². The van der Waals surface area contributed by atoms with Gasteiger partial charge in [0.2, 0.25) is 0 Å². The van der Waals surface area contributed by atoms with Gasteiger partial charge in [-0.25, -0.2) is 5.01 Å². The van der Waals surface area contributed by atoms with Gasteiger partial charge in [-0.2, -0.15) is 0 Å². The lowest BCUT2D eigenvalue weighted by molar-refractivity contribution is 0.103. The van der Waals surface area contributed by atoms with E-state index in [-0.39, 0.29) is 0 Å². The van der Waals surface area contributed by atoms with E-state index in [4.69, 9.17) is 4.74 Å². The zero-order chi connectivity index (χ0) is 8.65. The zero-order valence-electron chi connectivity index (χ0n) is 8.01. The molecule has 3 heteroatoms. The average molecular weight is 172 g/mol. The van der Waals surface area contributed by atoms with Crippen LogP contribution in [0.3, 0.4) is 0 Å². The van der Waals surface area contributed by atoms with Crippen molar-refractivity contribution in [2.45, 2.75) is 26.2 Å². The Labute approximate surface area is 75.0 Å². The van der Waals surface area contributed by atoms with Crippen LogP contribution in [0.2, 0.25) is 0 Å². The molecule has 0 aromatic heterocycles. The summed E-state index contributed by atoms with van der Waals surface area (Å²) in [5.41, 5.74) is 3.36. The monoisotopic (exact) mass is 172 g/mol. The number of hydrazine groups is 1. The first-order chi connectivity index (χ1) is 5.93. The van der Waals surface area contributed by atoms with Crippen LogP contribution >= 0.6 is 0 Å². The Bertz CT molecular complexity index is 103. The summed E-state index contributed by atoms with van der Waals surface area (Å²) in [7, 11) is 0. The van der Waals surface area contributed by atoms with Crippen LogP contribution in [0.25, 0.3) is 0 Å². The Kier molecular flexibility index (Phi) is 5.32. The van der Waals surface area contributed by atoms with Crippen molar-refractivity contribution in [3.8, 4) is 0 Å². The molecule has 1 aliphatic heterocycles. The third-order valence-electron chi connectivity index (χ3n) is 2.14. The van der Waals surface area contributed by atoms with Crippen LogP contribution in [0.4, 0.5) is 0 Å². The van der Waals surface area contributed by atoms with Crippen molar-refractivity contribution in [2.24, 2.45) is 0 Å². The molecule has 0 aromatic rings. The molecule has 1 N–H and O–H groups in total. The van der Waals surface area contributed by atoms with Crippen LogP contribution in [0.15, 0.2) is 0 Å². The van der Waals surface area contributed by atoms with Gasteiger partial charge in [-0.1, -0.05) is 6.42 Å². The second-order valence-corrected chi connectivity index (χ2v) is 3.15. The van der Waals surface area contributed by atoms with E-state index in [9.17, 15) is 0 Å². The molecule has 0 saturated carbocycles. The second kappa shape index (κ2) is 6.40. The number of piperidine rings is 1. The summed E-state index contributed by atoms with van der Waals surface area (Å²) < 4.78 is 5.24. The minimum Gasteiger partial charge on any atom is -0.380 e. The van der Waals surface area contributed by atoms with Gasteiger partial charge in [0, 0.05) is 26.2 Å². The van der Waals surface area contributed by atoms with Crippen LogP contribution in [0.5, 0.6) is 0 Å². The first kappa shape index (κ1) is 9.96. The van der Waals surface area contributed by atoms with Crippen molar-refractivity contribution in [3.63, 3.8) is 0 Å². The Morgan fingerprint density at radius 1 is 1.25 bits per heavy atom. The number of nitrogens with one attached hydrogen (secondary N) is 1. The molecular weight excluding hydrogens is 152 g/mol. The van der Waals surface area contributed by atoms with Crippen LogP contribution in [0.1, 0.15) is 26.2 Å². The zero-order valence-corrected chi connectivity index (χ0v) is 8.01. The highest BCUT2D eigenvalue weighted by Crippen LogP contribution is 2.05. The van der Waals surface area contributed by atoms with Gasteiger partial charge in [-0.05, 0) is 19.8 Å². The molecule has 0 spiro atoms. The number of ether oxygens (including phenoxy) is 1. The van der Waals surface area contributed by atoms with Crippen LogP contribution < -0.4 is 5.43 Å².